The molecular weight excluding hydrogens is 324 g/mol. The first kappa shape index (κ1) is 24.3. The zero-order valence-corrected chi connectivity index (χ0v) is 17.2. The summed E-state index contributed by atoms with van der Waals surface area (Å²) in [5.74, 6) is 1.29. The summed E-state index contributed by atoms with van der Waals surface area (Å²) in [4.78, 5) is 0. The lowest BCUT2D eigenvalue weighted by Crippen LogP contribution is -2.05. The first-order chi connectivity index (χ1) is 12.6. The van der Waals surface area contributed by atoms with Crippen LogP contribution in [0.1, 0.15) is 56.6 Å². The van der Waals surface area contributed by atoms with E-state index in [1.807, 2.05) is 6.92 Å². The van der Waals surface area contributed by atoms with Crippen LogP contribution in [0, 0.1) is 0 Å². The SMILES string of the molecule is CCC(CC(C)c1ccccc1)c1ccccc1.CO.COC(C)OC. The van der Waals surface area contributed by atoms with E-state index in [2.05, 4.69) is 84.0 Å². The molecule has 0 spiro atoms. The Balaban J connectivity index is 0.000000667. The summed E-state index contributed by atoms with van der Waals surface area (Å²) < 4.78 is 9.35. The molecule has 0 aliphatic rings. The third-order valence-corrected chi connectivity index (χ3v) is 4.43. The van der Waals surface area contributed by atoms with E-state index in [9.17, 15) is 0 Å². The van der Waals surface area contributed by atoms with E-state index in [-0.39, 0.29) is 6.29 Å². The molecule has 2 atom stereocenters. The molecule has 2 rings (SSSR count). The third-order valence-electron chi connectivity index (χ3n) is 4.43. The van der Waals surface area contributed by atoms with Crippen LogP contribution in [0.5, 0.6) is 0 Å². The van der Waals surface area contributed by atoms with Crippen LogP contribution < -0.4 is 0 Å². The van der Waals surface area contributed by atoms with Crippen molar-refractivity contribution in [2.45, 2.75) is 51.7 Å². The molecule has 3 heteroatoms. The summed E-state index contributed by atoms with van der Waals surface area (Å²) >= 11 is 0. The quantitative estimate of drug-likeness (QED) is 0.652. The molecule has 0 fully saturated rings. The van der Waals surface area contributed by atoms with E-state index in [1.165, 1.54) is 24.0 Å². The highest BCUT2D eigenvalue weighted by molar-refractivity contribution is 5.23. The molecule has 2 unspecified atom stereocenters. The van der Waals surface area contributed by atoms with Crippen molar-refractivity contribution in [3.05, 3.63) is 71.8 Å². The van der Waals surface area contributed by atoms with Crippen molar-refractivity contribution in [1.82, 2.24) is 0 Å². The van der Waals surface area contributed by atoms with Gasteiger partial charge in [0.2, 0.25) is 0 Å². The molecule has 0 bridgehead atoms. The summed E-state index contributed by atoms with van der Waals surface area (Å²) in [6.07, 6.45) is 2.37. The molecule has 1 N–H and O–H groups in total. The highest BCUT2D eigenvalue weighted by atomic mass is 16.7. The van der Waals surface area contributed by atoms with Gasteiger partial charge < -0.3 is 14.6 Å². The second-order valence-corrected chi connectivity index (χ2v) is 6.10. The highest BCUT2D eigenvalue weighted by Crippen LogP contribution is 2.31. The molecule has 0 aromatic heterocycles. The molecule has 26 heavy (non-hydrogen) atoms. The van der Waals surface area contributed by atoms with Gasteiger partial charge in [0, 0.05) is 21.3 Å². The Bertz CT molecular complexity index is 524. The van der Waals surface area contributed by atoms with Gasteiger partial charge in [-0.2, -0.15) is 0 Å². The van der Waals surface area contributed by atoms with Gasteiger partial charge in [0.15, 0.2) is 6.29 Å². The fourth-order valence-corrected chi connectivity index (χ4v) is 2.70. The lowest BCUT2D eigenvalue weighted by molar-refractivity contribution is -0.0877. The third kappa shape index (κ3) is 9.71. The molecule has 0 radical (unpaired) electrons. The highest BCUT2D eigenvalue weighted by Gasteiger charge is 2.14. The Morgan fingerprint density at radius 1 is 0.769 bits per heavy atom. The summed E-state index contributed by atoms with van der Waals surface area (Å²) in [5, 5.41) is 7.00. The van der Waals surface area contributed by atoms with Crippen LogP contribution in [0.15, 0.2) is 60.7 Å². The van der Waals surface area contributed by atoms with Gasteiger partial charge in [0.1, 0.15) is 0 Å². The van der Waals surface area contributed by atoms with Gasteiger partial charge in [-0.3, -0.25) is 0 Å². The van der Waals surface area contributed by atoms with Gasteiger partial charge in [-0.1, -0.05) is 74.5 Å². The standard InChI is InChI=1S/C18H22.C4H10O2.CH4O/c1-3-16(18-12-8-5-9-13-18)14-15(2)17-10-6-4-7-11-17;1-4(5-2)6-3;1-2/h4-13,15-16H,3,14H2,1-2H3;4H,1-3H3;2H,1H3. The van der Waals surface area contributed by atoms with Gasteiger partial charge in [-0.15, -0.1) is 0 Å². The number of aliphatic hydroxyl groups is 1. The number of hydrogen-bond acceptors (Lipinski definition) is 3. The van der Waals surface area contributed by atoms with Gasteiger partial charge in [0.25, 0.3) is 0 Å². The lowest BCUT2D eigenvalue weighted by atomic mass is 9.85. The van der Waals surface area contributed by atoms with Crippen molar-refractivity contribution in [2.75, 3.05) is 21.3 Å². The van der Waals surface area contributed by atoms with Crippen LogP contribution in [0.2, 0.25) is 0 Å². The smallest absolute Gasteiger partial charge is 0.154 e. The van der Waals surface area contributed by atoms with Crippen molar-refractivity contribution >= 4 is 0 Å². The van der Waals surface area contributed by atoms with Gasteiger partial charge >= 0.3 is 0 Å². The Kier molecular flexibility index (Phi) is 14.6. The lowest BCUT2D eigenvalue weighted by Gasteiger charge is -2.20. The first-order valence-electron chi connectivity index (χ1n) is 9.22. The second kappa shape index (κ2) is 15.6. The Hall–Kier alpha value is -1.68. The van der Waals surface area contributed by atoms with Crippen molar-refractivity contribution in [3.8, 4) is 0 Å². The van der Waals surface area contributed by atoms with E-state index in [4.69, 9.17) is 5.11 Å². The van der Waals surface area contributed by atoms with Crippen LogP contribution >= 0.6 is 0 Å². The molecule has 0 aliphatic heterocycles. The Morgan fingerprint density at radius 2 is 1.19 bits per heavy atom. The minimum absolute atomic E-state index is 0.0648. The molecule has 0 saturated heterocycles. The van der Waals surface area contributed by atoms with Crippen molar-refractivity contribution in [1.29, 1.82) is 0 Å². The van der Waals surface area contributed by atoms with Crippen LogP contribution in [-0.4, -0.2) is 32.7 Å². The molecule has 2 aromatic carbocycles. The van der Waals surface area contributed by atoms with Gasteiger partial charge in [0.05, 0.1) is 0 Å². The van der Waals surface area contributed by atoms with E-state index in [0.717, 1.165) is 7.11 Å². The van der Waals surface area contributed by atoms with Crippen LogP contribution in [-0.2, 0) is 9.47 Å². The number of ether oxygens (including phenoxy) is 2. The summed E-state index contributed by atoms with van der Waals surface area (Å²) in [5.41, 5.74) is 2.93. The predicted octanol–water partition coefficient (Wildman–Crippen LogP) is 5.61. The summed E-state index contributed by atoms with van der Waals surface area (Å²) in [7, 11) is 4.21. The maximum absolute atomic E-state index is 7.00. The summed E-state index contributed by atoms with van der Waals surface area (Å²) in [6.45, 7) is 6.45. The van der Waals surface area contributed by atoms with Crippen LogP contribution in [0.25, 0.3) is 0 Å². The van der Waals surface area contributed by atoms with E-state index in [0.29, 0.717) is 11.8 Å². The van der Waals surface area contributed by atoms with E-state index in [1.54, 1.807) is 14.2 Å². The molecule has 0 amide bonds. The Labute approximate surface area is 160 Å². The number of benzene rings is 2. The zero-order valence-electron chi connectivity index (χ0n) is 17.2. The van der Waals surface area contributed by atoms with Crippen LogP contribution in [0.3, 0.4) is 0 Å². The topological polar surface area (TPSA) is 38.7 Å². The number of methoxy groups -OCH3 is 2. The number of hydrogen-bond donors (Lipinski definition) is 1. The average Bonchev–Trinajstić information content (AvgIpc) is 2.74. The number of rotatable bonds is 7. The molecule has 146 valence electrons. The van der Waals surface area contributed by atoms with Crippen molar-refractivity contribution in [2.24, 2.45) is 0 Å². The fourth-order valence-electron chi connectivity index (χ4n) is 2.70. The number of aliphatic hydroxyl groups excluding tert-OH is 1. The monoisotopic (exact) mass is 360 g/mol. The maximum Gasteiger partial charge on any atom is 0.154 e. The van der Waals surface area contributed by atoms with Crippen molar-refractivity contribution in [3.63, 3.8) is 0 Å². The Morgan fingerprint density at radius 3 is 1.54 bits per heavy atom. The summed E-state index contributed by atoms with van der Waals surface area (Å²) in [6, 6.07) is 21.7. The molecule has 0 saturated carbocycles. The fraction of sp³-hybridized carbons (Fsp3) is 0.478. The molecule has 0 heterocycles. The van der Waals surface area contributed by atoms with Crippen LogP contribution in [0.4, 0.5) is 0 Å². The van der Waals surface area contributed by atoms with Crippen molar-refractivity contribution < 1.29 is 14.6 Å². The normalized spacial score (nSPS) is 12.3. The van der Waals surface area contributed by atoms with E-state index < -0.39 is 0 Å². The molecular formula is C23H36O3. The molecule has 2 aromatic rings. The average molecular weight is 361 g/mol. The maximum atomic E-state index is 7.00. The zero-order chi connectivity index (χ0) is 19.8. The predicted molar refractivity (Wildman–Crippen MR) is 111 cm³/mol. The minimum atomic E-state index is -0.0648. The van der Waals surface area contributed by atoms with Gasteiger partial charge in [-0.05, 0) is 42.7 Å². The molecule has 3 nitrogen and oxygen atoms in total. The van der Waals surface area contributed by atoms with E-state index >= 15 is 0 Å². The molecule has 0 aliphatic carbocycles. The second-order valence-electron chi connectivity index (χ2n) is 6.10. The van der Waals surface area contributed by atoms with Gasteiger partial charge in [-0.25, -0.2) is 0 Å². The first-order valence-corrected chi connectivity index (χ1v) is 9.22. The largest absolute Gasteiger partial charge is 0.400 e. The minimum Gasteiger partial charge on any atom is -0.400 e.